The minimum absolute atomic E-state index is 0.131. The fourth-order valence-corrected chi connectivity index (χ4v) is 3.42. The predicted molar refractivity (Wildman–Crippen MR) is 101 cm³/mol. The summed E-state index contributed by atoms with van der Waals surface area (Å²) in [6, 6.07) is 5.37. The highest BCUT2D eigenvalue weighted by Crippen LogP contribution is 2.24. The first-order valence-corrected chi connectivity index (χ1v) is 8.99. The smallest absolute Gasteiger partial charge is 0.178 e. The molecule has 1 aliphatic heterocycles. The fourth-order valence-electron chi connectivity index (χ4n) is 3.24. The van der Waals surface area contributed by atoms with E-state index in [9.17, 15) is 9.60 Å². The lowest BCUT2D eigenvalue weighted by molar-refractivity contribution is 0.312. The van der Waals surface area contributed by atoms with E-state index in [1.54, 1.807) is 6.07 Å². The Morgan fingerprint density at radius 3 is 2.85 bits per heavy atom. The summed E-state index contributed by atoms with van der Waals surface area (Å²) in [6.45, 7) is 2.78. The van der Waals surface area contributed by atoms with Gasteiger partial charge in [-0.25, -0.2) is 19.4 Å². The van der Waals surface area contributed by atoms with Gasteiger partial charge in [0.1, 0.15) is 11.6 Å². The SMILES string of the molecule is N=C(c1ccnc2nc(CN3CCCC3)[nH]c12)N(O)c1ccc(F)c(Cl)c1. The van der Waals surface area contributed by atoms with Crippen molar-refractivity contribution in [1.29, 1.82) is 5.41 Å². The molecule has 0 bridgehead atoms. The van der Waals surface area contributed by atoms with Crippen LogP contribution in [-0.4, -0.2) is 44.0 Å². The summed E-state index contributed by atoms with van der Waals surface area (Å²) in [5.74, 6) is -0.0119. The molecule has 1 saturated heterocycles. The second-order valence-electron chi connectivity index (χ2n) is 6.48. The van der Waals surface area contributed by atoms with Gasteiger partial charge in [0.15, 0.2) is 11.5 Å². The first-order chi connectivity index (χ1) is 13.0. The lowest BCUT2D eigenvalue weighted by Crippen LogP contribution is -2.27. The number of H-pyrrole nitrogens is 1. The van der Waals surface area contributed by atoms with Gasteiger partial charge in [-0.2, -0.15) is 0 Å². The average Bonchev–Trinajstić information content (AvgIpc) is 3.32. The van der Waals surface area contributed by atoms with E-state index in [1.165, 1.54) is 31.2 Å². The Labute approximate surface area is 159 Å². The molecule has 1 aromatic carbocycles. The number of halogens is 2. The average molecular weight is 389 g/mol. The molecule has 3 heterocycles. The number of hydrogen-bond donors (Lipinski definition) is 3. The van der Waals surface area contributed by atoms with E-state index in [0.717, 1.165) is 25.0 Å². The minimum atomic E-state index is -0.591. The molecule has 2 aromatic heterocycles. The number of amidine groups is 1. The number of imidazole rings is 1. The summed E-state index contributed by atoms with van der Waals surface area (Å²) in [5, 5.41) is 19.3. The molecule has 3 aromatic rings. The van der Waals surface area contributed by atoms with Gasteiger partial charge < -0.3 is 4.98 Å². The summed E-state index contributed by atoms with van der Waals surface area (Å²) < 4.78 is 13.4. The number of aromatic nitrogens is 3. The number of fused-ring (bicyclic) bond motifs is 1. The first kappa shape index (κ1) is 17.8. The number of benzene rings is 1. The van der Waals surface area contributed by atoms with Crippen LogP contribution in [0.4, 0.5) is 10.1 Å². The summed E-state index contributed by atoms with van der Waals surface area (Å²) in [7, 11) is 0. The van der Waals surface area contributed by atoms with Crippen molar-refractivity contribution in [2.24, 2.45) is 0 Å². The molecule has 9 heteroatoms. The van der Waals surface area contributed by atoms with Crippen LogP contribution in [0, 0.1) is 11.2 Å². The number of hydrogen-bond acceptors (Lipinski definition) is 5. The second kappa shape index (κ2) is 7.22. The van der Waals surface area contributed by atoms with Crippen LogP contribution in [0.1, 0.15) is 24.2 Å². The third-order valence-corrected chi connectivity index (χ3v) is 4.92. The number of nitrogens with one attached hydrogen (secondary N) is 2. The van der Waals surface area contributed by atoms with Gasteiger partial charge >= 0.3 is 0 Å². The van der Waals surface area contributed by atoms with Crippen LogP contribution < -0.4 is 5.06 Å². The second-order valence-corrected chi connectivity index (χ2v) is 6.89. The molecule has 0 aliphatic carbocycles. The minimum Gasteiger partial charge on any atom is -0.339 e. The molecule has 0 amide bonds. The number of aromatic amines is 1. The Morgan fingerprint density at radius 1 is 1.33 bits per heavy atom. The van der Waals surface area contributed by atoms with E-state index < -0.39 is 5.82 Å². The summed E-state index contributed by atoms with van der Waals surface area (Å²) in [5.41, 5.74) is 1.68. The van der Waals surface area contributed by atoms with Crippen LogP contribution in [0.15, 0.2) is 30.5 Å². The Kier molecular flexibility index (Phi) is 4.77. The quantitative estimate of drug-likeness (QED) is 0.361. The monoisotopic (exact) mass is 388 g/mol. The normalized spacial score (nSPS) is 14.8. The molecule has 0 atom stereocenters. The van der Waals surface area contributed by atoms with Crippen molar-refractivity contribution in [3.05, 3.63) is 52.7 Å². The number of nitrogens with zero attached hydrogens (tertiary/aromatic N) is 4. The number of rotatable bonds is 4. The molecular weight excluding hydrogens is 371 g/mol. The summed E-state index contributed by atoms with van der Waals surface area (Å²) in [4.78, 5) is 14.3. The molecule has 0 unspecified atom stereocenters. The standard InChI is InChI=1S/C18H18ClFN6O/c19-13-9-11(3-4-14(13)20)26(27)17(21)12-5-6-22-18-16(12)23-15(24-18)10-25-7-1-2-8-25/h3-6,9,21,27H,1-2,7-8,10H2,(H,22,23,24). The molecule has 140 valence electrons. The van der Waals surface area contributed by atoms with Crippen molar-refractivity contribution in [3.8, 4) is 0 Å². The number of hydroxylamine groups is 1. The molecule has 0 saturated carbocycles. The molecule has 4 rings (SSSR count). The Balaban J connectivity index is 1.64. The lowest BCUT2D eigenvalue weighted by Gasteiger charge is -2.18. The predicted octanol–water partition coefficient (Wildman–Crippen LogP) is 3.57. The highest BCUT2D eigenvalue weighted by molar-refractivity contribution is 6.31. The van der Waals surface area contributed by atoms with E-state index in [0.29, 0.717) is 28.3 Å². The molecule has 3 N–H and O–H groups in total. The molecule has 0 spiro atoms. The summed E-state index contributed by atoms with van der Waals surface area (Å²) in [6.07, 6.45) is 3.92. The number of likely N-dealkylation sites (tertiary alicyclic amines) is 1. The van der Waals surface area contributed by atoms with E-state index in [-0.39, 0.29) is 16.5 Å². The Bertz CT molecular complexity index is 1000. The van der Waals surface area contributed by atoms with Crippen LogP contribution in [-0.2, 0) is 6.54 Å². The van der Waals surface area contributed by atoms with Crippen molar-refractivity contribution in [1.82, 2.24) is 19.9 Å². The molecule has 7 nitrogen and oxygen atoms in total. The van der Waals surface area contributed by atoms with Gasteiger partial charge in [0, 0.05) is 11.8 Å². The highest BCUT2D eigenvalue weighted by Gasteiger charge is 2.19. The topological polar surface area (TPSA) is 92.1 Å². The maximum atomic E-state index is 13.4. The molecular formula is C18H18ClFN6O. The van der Waals surface area contributed by atoms with Crippen LogP contribution in [0.3, 0.4) is 0 Å². The maximum Gasteiger partial charge on any atom is 0.178 e. The highest BCUT2D eigenvalue weighted by atomic mass is 35.5. The van der Waals surface area contributed by atoms with Crippen LogP contribution >= 0.6 is 11.6 Å². The van der Waals surface area contributed by atoms with Gasteiger partial charge in [0.25, 0.3) is 0 Å². The van der Waals surface area contributed by atoms with Gasteiger partial charge in [0.05, 0.1) is 22.8 Å². The summed E-state index contributed by atoms with van der Waals surface area (Å²) >= 11 is 5.77. The van der Waals surface area contributed by atoms with Gasteiger partial charge in [-0.3, -0.25) is 15.5 Å². The zero-order valence-electron chi connectivity index (χ0n) is 14.4. The largest absolute Gasteiger partial charge is 0.339 e. The maximum absolute atomic E-state index is 13.4. The number of anilines is 1. The Morgan fingerprint density at radius 2 is 2.11 bits per heavy atom. The zero-order chi connectivity index (χ0) is 19.0. The van der Waals surface area contributed by atoms with E-state index in [2.05, 4.69) is 19.9 Å². The van der Waals surface area contributed by atoms with Crippen molar-refractivity contribution >= 4 is 34.3 Å². The van der Waals surface area contributed by atoms with E-state index >= 15 is 0 Å². The molecule has 0 radical (unpaired) electrons. The molecule has 27 heavy (non-hydrogen) atoms. The molecule has 1 aliphatic rings. The van der Waals surface area contributed by atoms with Gasteiger partial charge in [-0.05, 0) is 50.2 Å². The van der Waals surface area contributed by atoms with Crippen LogP contribution in [0.5, 0.6) is 0 Å². The lowest BCUT2D eigenvalue weighted by atomic mass is 10.2. The number of pyridine rings is 1. The van der Waals surface area contributed by atoms with Crippen LogP contribution in [0.25, 0.3) is 11.2 Å². The molecule has 1 fully saturated rings. The van der Waals surface area contributed by atoms with Crippen LogP contribution in [0.2, 0.25) is 5.02 Å². The van der Waals surface area contributed by atoms with Gasteiger partial charge in [-0.15, -0.1) is 0 Å². The first-order valence-electron chi connectivity index (χ1n) is 8.62. The van der Waals surface area contributed by atoms with E-state index in [4.69, 9.17) is 17.0 Å². The van der Waals surface area contributed by atoms with Gasteiger partial charge in [0.2, 0.25) is 0 Å². The zero-order valence-corrected chi connectivity index (χ0v) is 15.2. The van der Waals surface area contributed by atoms with Gasteiger partial charge in [-0.1, -0.05) is 11.6 Å². The van der Waals surface area contributed by atoms with Crippen molar-refractivity contribution < 1.29 is 9.60 Å². The third kappa shape index (κ3) is 3.51. The van der Waals surface area contributed by atoms with Crippen molar-refractivity contribution in [3.63, 3.8) is 0 Å². The van der Waals surface area contributed by atoms with Crippen molar-refractivity contribution in [2.45, 2.75) is 19.4 Å². The van der Waals surface area contributed by atoms with E-state index in [1.807, 2.05) is 0 Å². The van der Waals surface area contributed by atoms with Crippen molar-refractivity contribution in [2.75, 3.05) is 18.2 Å². The Hall–Kier alpha value is -2.55. The fraction of sp³-hybridized carbons (Fsp3) is 0.278. The third-order valence-electron chi connectivity index (χ3n) is 4.63.